The zero-order valence-electron chi connectivity index (χ0n) is 19.7. The molecule has 5 rings (SSSR count). The topological polar surface area (TPSA) is 161 Å². The van der Waals surface area contributed by atoms with Gasteiger partial charge in [0.25, 0.3) is 11.8 Å². The lowest BCUT2D eigenvalue weighted by molar-refractivity contribution is -0.256. The van der Waals surface area contributed by atoms with Crippen molar-refractivity contribution in [1.29, 1.82) is 0 Å². The summed E-state index contributed by atoms with van der Waals surface area (Å²) in [6, 6.07) is 19.6. The Hall–Kier alpha value is -5.29. The molecule has 1 aliphatic heterocycles. The second-order valence-corrected chi connectivity index (χ2v) is 10.3. The van der Waals surface area contributed by atoms with Gasteiger partial charge in [-0.25, -0.2) is 13.3 Å². The molecule has 4 aromatic rings. The van der Waals surface area contributed by atoms with Crippen LogP contribution in [0.25, 0.3) is 0 Å². The van der Waals surface area contributed by atoms with Crippen molar-refractivity contribution >= 4 is 39.3 Å². The Bertz CT molecular complexity index is 1780. The molecule has 0 unspecified atom stereocenters. The molecule has 0 N–H and O–H groups in total. The van der Waals surface area contributed by atoms with Crippen molar-refractivity contribution in [2.45, 2.75) is 9.79 Å². The minimum Gasteiger partial charge on any atom is -0.545 e. The molecule has 0 aliphatic carbocycles. The van der Waals surface area contributed by atoms with Gasteiger partial charge in [-0.05, 0) is 77.9 Å². The number of anilines is 1. The van der Waals surface area contributed by atoms with Crippen molar-refractivity contribution in [2.75, 3.05) is 4.90 Å². The van der Waals surface area contributed by atoms with E-state index in [1.165, 1.54) is 78.9 Å². The minimum absolute atomic E-state index is 0.0514. The molecular weight excluding hydrogens is 526 g/mol. The number of aromatic carboxylic acids is 2. The van der Waals surface area contributed by atoms with Crippen molar-refractivity contribution < 1.29 is 42.5 Å². The highest BCUT2D eigenvalue weighted by Gasteiger charge is 2.37. The van der Waals surface area contributed by atoms with Crippen LogP contribution in [0.2, 0.25) is 0 Å². The first kappa shape index (κ1) is 25.4. The van der Waals surface area contributed by atoms with Crippen molar-refractivity contribution in [2.24, 2.45) is 0 Å². The van der Waals surface area contributed by atoms with Crippen molar-refractivity contribution in [1.82, 2.24) is 0 Å². The van der Waals surface area contributed by atoms with Gasteiger partial charge in [-0.1, -0.05) is 24.3 Å². The summed E-state index contributed by atoms with van der Waals surface area (Å²) < 4.78 is 31.5. The van der Waals surface area contributed by atoms with Crippen LogP contribution in [-0.2, 0) is 9.84 Å². The summed E-state index contributed by atoms with van der Waals surface area (Å²) in [6.07, 6.45) is 0. The average molecular weight is 541 g/mol. The zero-order valence-corrected chi connectivity index (χ0v) is 20.5. The molecule has 11 heteroatoms. The van der Waals surface area contributed by atoms with Crippen LogP contribution in [0.3, 0.4) is 0 Å². The largest absolute Gasteiger partial charge is 0.545 e. The van der Waals surface area contributed by atoms with Gasteiger partial charge in [0, 0.05) is 0 Å². The van der Waals surface area contributed by atoms with Gasteiger partial charge in [-0.15, -0.1) is 0 Å². The lowest BCUT2D eigenvalue weighted by atomic mass is 10.1. The van der Waals surface area contributed by atoms with Gasteiger partial charge in [-0.2, -0.15) is 0 Å². The normalized spacial score (nSPS) is 12.8. The molecule has 39 heavy (non-hydrogen) atoms. The summed E-state index contributed by atoms with van der Waals surface area (Å²) in [5.74, 6) is -3.71. The van der Waals surface area contributed by atoms with E-state index in [9.17, 15) is 37.8 Å². The van der Waals surface area contributed by atoms with Gasteiger partial charge < -0.3 is 24.5 Å². The van der Waals surface area contributed by atoms with Crippen LogP contribution in [0.15, 0.2) is 101 Å². The Balaban J connectivity index is 1.36. The fourth-order valence-electron chi connectivity index (χ4n) is 4.02. The van der Waals surface area contributed by atoms with Gasteiger partial charge in [0.05, 0.1) is 38.5 Å². The molecular formula is C28H15NO9S-2. The molecule has 1 heterocycles. The monoisotopic (exact) mass is 541 g/mol. The number of hydrogen-bond acceptors (Lipinski definition) is 9. The van der Waals surface area contributed by atoms with E-state index in [2.05, 4.69) is 0 Å². The number of nitrogens with zero attached hydrogens (tertiary/aromatic N) is 1. The van der Waals surface area contributed by atoms with Gasteiger partial charge in [0.1, 0.15) is 11.5 Å². The van der Waals surface area contributed by atoms with E-state index in [4.69, 9.17) is 4.74 Å². The molecule has 0 saturated carbocycles. The Labute approximate surface area is 221 Å². The highest BCUT2D eigenvalue weighted by atomic mass is 32.2. The number of sulfone groups is 1. The van der Waals surface area contributed by atoms with E-state index in [0.717, 1.165) is 17.0 Å². The summed E-state index contributed by atoms with van der Waals surface area (Å²) >= 11 is 0. The number of hydrogen-bond donors (Lipinski definition) is 0. The molecule has 194 valence electrons. The van der Waals surface area contributed by atoms with Gasteiger partial charge >= 0.3 is 0 Å². The van der Waals surface area contributed by atoms with Crippen LogP contribution in [0.5, 0.6) is 11.5 Å². The van der Waals surface area contributed by atoms with Crippen LogP contribution in [0, 0.1) is 0 Å². The number of fused-ring (bicyclic) bond motifs is 1. The van der Waals surface area contributed by atoms with Crippen LogP contribution >= 0.6 is 0 Å². The van der Waals surface area contributed by atoms with E-state index in [-0.39, 0.29) is 49.2 Å². The predicted octanol–water partition coefficient (Wildman–Crippen LogP) is 1.84. The highest BCUT2D eigenvalue weighted by Crippen LogP contribution is 2.33. The Morgan fingerprint density at radius 3 is 1.82 bits per heavy atom. The molecule has 2 amide bonds. The van der Waals surface area contributed by atoms with E-state index in [1.54, 1.807) is 0 Å². The third-order valence-electron chi connectivity index (χ3n) is 5.97. The molecule has 0 saturated heterocycles. The molecule has 10 nitrogen and oxygen atoms in total. The van der Waals surface area contributed by atoms with Crippen LogP contribution in [-0.4, -0.2) is 32.2 Å². The maximum Gasteiger partial charge on any atom is 0.266 e. The molecule has 0 bridgehead atoms. The molecule has 4 aromatic carbocycles. The number of ether oxygens (including phenoxy) is 1. The smallest absolute Gasteiger partial charge is 0.266 e. The van der Waals surface area contributed by atoms with Crippen molar-refractivity contribution in [3.63, 3.8) is 0 Å². The maximum atomic E-state index is 13.0. The number of benzene rings is 4. The SMILES string of the molecule is O=C([O-])c1ccc(S(=O)(=O)c2ccc(Oc3ccc4c(c3)C(=O)N(c3cccc(C(=O)[O-])c3)C4=O)cc2)cc1. The minimum atomic E-state index is -3.93. The summed E-state index contributed by atoms with van der Waals surface area (Å²) in [5.41, 5.74) is -0.0983. The molecule has 0 aromatic heterocycles. The van der Waals surface area contributed by atoms with E-state index < -0.39 is 33.6 Å². The fourth-order valence-corrected chi connectivity index (χ4v) is 5.28. The Morgan fingerprint density at radius 1 is 0.641 bits per heavy atom. The number of carboxylic acid groups (broad SMARTS) is 2. The first-order chi connectivity index (χ1) is 18.6. The standard InChI is InChI=1S/C28H17NO9S/c30-25-23-13-8-20(15-24(23)26(31)29(25)18-3-1-2-17(14-18)28(34)35)38-19-6-11-22(12-7-19)39(36,37)21-9-4-16(5-10-21)27(32)33/h1-15H,(H,32,33)(H,34,35)/p-2. The van der Waals surface area contributed by atoms with Crippen molar-refractivity contribution in [3.05, 3.63) is 113 Å². The Kier molecular flexibility index (Phi) is 6.21. The van der Waals surface area contributed by atoms with Gasteiger partial charge in [0.15, 0.2) is 0 Å². The number of amides is 2. The molecule has 1 aliphatic rings. The molecule has 0 spiro atoms. The summed E-state index contributed by atoms with van der Waals surface area (Å²) in [7, 11) is -3.93. The van der Waals surface area contributed by atoms with E-state index in [1.807, 2.05) is 0 Å². The summed E-state index contributed by atoms with van der Waals surface area (Å²) in [5, 5.41) is 22.1. The highest BCUT2D eigenvalue weighted by molar-refractivity contribution is 7.91. The number of rotatable bonds is 7. The fraction of sp³-hybridized carbons (Fsp3) is 0. The number of imide groups is 1. The lowest BCUT2D eigenvalue weighted by Crippen LogP contribution is -2.30. The number of carbonyl (C=O) groups is 4. The summed E-state index contributed by atoms with van der Waals surface area (Å²) in [6.45, 7) is 0. The Morgan fingerprint density at radius 2 is 1.21 bits per heavy atom. The van der Waals surface area contributed by atoms with Crippen molar-refractivity contribution in [3.8, 4) is 11.5 Å². The maximum absolute atomic E-state index is 13.0. The second-order valence-electron chi connectivity index (χ2n) is 8.38. The second kappa shape index (κ2) is 9.54. The summed E-state index contributed by atoms with van der Waals surface area (Å²) in [4.78, 5) is 48.7. The third-order valence-corrected chi connectivity index (χ3v) is 7.75. The number of carboxylic acids is 2. The first-order valence-electron chi connectivity index (χ1n) is 11.2. The lowest BCUT2D eigenvalue weighted by Gasteiger charge is -2.15. The quantitative estimate of drug-likeness (QED) is 0.318. The van der Waals surface area contributed by atoms with Gasteiger partial charge in [0.2, 0.25) is 9.84 Å². The molecule has 0 atom stereocenters. The van der Waals surface area contributed by atoms with Gasteiger partial charge in [-0.3, -0.25) is 9.59 Å². The van der Waals surface area contributed by atoms with E-state index in [0.29, 0.717) is 0 Å². The molecule has 0 fully saturated rings. The number of carbonyl (C=O) groups excluding carboxylic acids is 4. The first-order valence-corrected chi connectivity index (χ1v) is 12.7. The van der Waals surface area contributed by atoms with Crippen LogP contribution in [0.1, 0.15) is 41.4 Å². The predicted molar refractivity (Wildman–Crippen MR) is 131 cm³/mol. The van der Waals surface area contributed by atoms with Crippen LogP contribution < -0.4 is 19.8 Å². The molecule has 0 radical (unpaired) electrons. The zero-order chi connectivity index (χ0) is 27.9. The average Bonchev–Trinajstić information content (AvgIpc) is 3.18. The van der Waals surface area contributed by atoms with E-state index >= 15 is 0 Å². The van der Waals surface area contributed by atoms with Crippen LogP contribution in [0.4, 0.5) is 5.69 Å². The third kappa shape index (κ3) is 4.62.